The van der Waals surface area contributed by atoms with Crippen LogP contribution in [0.2, 0.25) is 0 Å². The van der Waals surface area contributed by atoms with Crippen molar-refractivity contribution in [1.29, 1.82) is 0 Å². The Bertz CT molecular complexity index is 499. The lowest BCUT2D eigenvalue weighted by Gasteiger charge is -2.23. The summed E-state index contributed by atoms with van der Waals surface area (Å²) in [6.45, 7) is 2.15. The van der Waals surface area contributed by atoms with E-state index in [9.17, 15) is 15.3 Å². The number of allylic oxidation sites excluding steroid dienone is 2. The van der Waals surface area contributed by atoms with E-state index in [-0.39, 0.29) is 17.9 Å². The summed E-state index contributed by atoms with van der Waals surface area (Å²) in [5.74, 6) is 0.206. The van der Waals surface area contributed by atoms with Gasteiger partial charge in [0.05, 0.1) is 18.3 Å². The van der Waals surface area contributed by atoms with Crippen LogP contribution in [0, 0.1) is 11.8 Å². The lowest BCUT2D eigenvalue weighted by atomic mass is 9.85. The summed E-state index contributed by atoms with van der Waals surface area (Å²) in [6.07, 6.45) is 9.68. The molecule has 0 bridgehead atoms. The molecule has 5 atom stereocenters. The molecule has 1 saturated carbocycles. The predicted molar refractivity (Wildman–Crippen MR) is 102 cm³/mol. The number of aryl methyl sites for hydroxylation is 1. The van der Waals surface area contributed by atoms with Crippen molar-refractivity contribution < 1.29 is 15.3 Å². The molecule has 0 radical (unpaired) electrons. The SMILES string of the molecule is CCC/C=C/C[C@@H]1[C@@H](CC[C@@H](O)CCc2ccccc2)[C@H](O)C[C@@H]1O. The number of aliphatic hydroxyl groups excluding tert-OH is 3. The van der Waals surface area contributed by atoms with Gasteiger partial charge in [0.15, 0.2) is 0 Å². The standard InChI is InChI=1S/C22H34O3/c1-2-3-4-8-11-19-20(22(25)16-21(19)24)15-14-18(23)13-12-17-9-6-5-7-10-17/h4-10,18-25H,2-3,11-16H2,1H3/b8-4+/t18-,19+,20+,21-,22+/m0/s1. The fraction of sp³-hybridized carbons (Fsp3) is 0.636. The maximum absolute atomic E-state index is 10.3. The Kier molecular flexibility index (Phi) is 8.66. The van der Waals surface area contributed by atoms with Gasteiger partial charge >= 0.3 is 0 Å². The third kappa shape index (κ3) is 6.58. The van der Waals surface area contributed by atoms with Gasteiger partial charge < -0.3 is 15.3 Å². The number of unbranched alkanes of at least 4 members (excludes halogenated alkanes) is 1. The van der Waals surface area contributed by atoms with Crippen molar-refractivity contribution in [1.82, 2.24) is 0 Å². The van der Waals surface area contributed by atoms with Crippen LogP contribution in [0.1, 0.15) is 57.4 Å². The van der Waals surface area contributed by atoms with Gasteiger partial charge in [0, 0.05) is 0 Å². The average molecular weight is 347 g/mol. The van der Waals surface area contributed by atoms with Crippen LogP contribution in [0.3, 0.4) is 0 Å². The van der Waals surface area contributed by atoms with Crippen LogP contribution >= 0.6 is 0 Å². The lowest BCUT2D eigenvalue weighted by Crippen LogP contribution is -2.23. The minimum atomic E-state index is -0.444. The summed E-state index contributed by atoms with van der Waals surface area (Å²) < 4.78 is 0. The van der Waals surface area contributed by atoms with E-state index in [4.69, 9.17) is 0 Å². The molecule has 2 rings (SSSR count). The molecule has 1 aliphatic rings. The van der Waals surface area contributed by atoms with Crippen LogP contribution in [-0.4, -0.2) is 33.6 Å². The number of hydrogen-bond acceptors (Lipinski definition) is 3. The Morgan fingerprint density at radius 3 is 2.48 bits per heavy atom. The van der Waals surface area contributed by atoms with Crippen molar-refractivity contribution in [2.75, 3.05) is 0 Å². The number of benzene rings is 1. The molecule has 3 nitrogen and oxygen atoms in total. The Morgan fingerprint density at radius 2 is 1.76 bits per heavy atom. The van der Waals surface area contributed by atoms with Gasteiger partial charge in [0.1, 0.15) is 0 Å². The molecule has 0 aromatic heterocycles. The topological polar surface area (TPSA) is 60.7 Å². The van der Waals surface area contributed by atoms with Gasteiger partial charge in [-0.1, -0.05) is 55.8 Å². The van der Waals surface area contributed by atoms with Crippen LogP contribution < -0.4 is 0 Å². The first-order valence-corrected chi connectivity index (χ1v) is 9.85. The van der Waals surface area contributed by atoms with Crippen molar-refractivity contribution >= 4 is 0 Å². The normalized spacial score (nSPS) is 27.8. The maximum atomic E-state index is 10.3. The third-order valence-corrected chi connectivity index (χ3v) is 5.49. The summed E-state index contributed by atoms with van der Waals surface area (Å²) >= 11 is 0. The zero-order valence-corrected chi connectivity index (χ0v) is 15.4. The monoisotopic (exact) mass is 346 g/mol. The average Bonchev–Trinajstić information content (AvgIpc) is 2.89. The highest BCUT2D eigenvalue weighted by Gasteiger charge is 2.40. The molecule has 1 aromatic carbocycles. The molecule has 0 spiro atoms. The molecule has 0 unspecified atom stereocenters. The summed E-state index contributed by atoms with van der Waals surface area (Å²) in [5, 5.41) is 30.8. The van der Waals surface area contributed by atoms with E-state index in [1.165, 1.54) is 5.56 Å². The zero-order valence-electron chi connectivity index (χ0n) is 15.4. The molecule has 0 amide bonds. The fourth-order valence-electron chi connectivity index (χ4n) is 3.95. The second-order valence-corrected chi connectivity index (χ2v) is 7.45. The molecule has 0 heterocycles. The summed E-state index contributed by atoms with van der Waals surface area (Å²) in [4.78, 5) is 0. The highest BCUT2D eigenvalue weighted by molar-refractivity contribution is 5.14. The first kappa shape index (κ1) is 20.2. The minimum absolute atomic E-state index is 0.0904. The molecular weight excluding hydrogens is 312 g/mol. The minimum Gasteiger partial charge on any atom is -0.393 e. The number of hydrogen-bond donors (Lipinski definition) is 3. The van der Waals surface area contributed by atoms with Crippen molar-refractivity contribution in [3.05, 3.63) is 48.0 Å². The summed E-state index contributed by atoms with van der Waals surface area (Å²) in [6, 6.07) is 10.2. The molecule has 0 aliphatic heterocycles. The molecule has 3 heteroatoms. The van der Waals surface area contributed by atoms with E-state index in [0.29, 0.717) is 12.8 Å². The quantitative estimate of drug-likeness (QED) is 0.564. The van der Waals surface area contributed by atoms with E-state index in [2.05, 4.69) is 31.2 Å². The van der Waals surface area contributed by atoms with E-state index in [1.807, 2.05) is 18.2 Å². The highest BCUT2D eigenvalue weighted by atomic mass is 16.3. The Hall–Kier alpha value is -1.16. The van der Waals surface area contributed by atoms with Gasteiger partial charge in [-0.25, -0.2) is 0 Å². The summed E-state index contributed by atoms with van der Waals surface area (Å²) in [7, 11) is 0. The van der Waals surface area contributed by atoms with Gasteiger partial charge in [0.25, 0.3) is 0 Å². The second kappa shape index (κ2) is 10.7. The molecule has 1 aromatic rings. The Labute approximate surface area is 152 Å². The Morgan fingerprint density at radius 1 is 1.04 bits per heavy atom. The van der Waals surface area contributed by atoms with E-state index >= 15 is 0 Å². The molecule has 3 N–H and O–H groups in total. The van der Waals surface area contributed by atoms with Crippen molar-refractivity contribution in [3.8, 4) is 0 Å². The van der Waals surface area contributed by atoms with Gasteiger partial charge in [-0.3, -0.25) is 0 Å². The highest BCUT2D eigenvalue weighted by Crippen LogP contribution is 2.38. The van der Waals surface area contributed by atoms with E-state index in [1.54, 1.807) is 0 Å². The van der Waals surface area contributed by atoms with Crippen LogP contribution in [-0.2, 0) is 6.42 Å². The lowest BCUT2D eigenvalue weighted by molar-refractivity contribution is 0.0857. The molecule has 25 heavy (non-hydrogen) atoms. The number of rotatable bonds is 10. The largest absolute Gasteiger partial charge is 0.393 e. The molecule has 0 saturated heterocycles. The van der Waals surface area contributed by atoms with Crippen LogP contribution in [0.15, 0.2) is 42.5 Å². The van der Waals surface area contributed by atoms with Crippen molar-refractivity contribution in [3.63, 3.8) is 0 Å². The maximum Gasteiger partial charge on any atom is 0.0599 e. The van der Waals surface area contributed by atoms with Crippen molar-refractivity contribution in [2.45, 2.75) is 76.6 Å². The van der Waals surface area contributed by atoms with Gasteiger partial charge in [-0.15, -0.1) is 0 Å². The molecular formula is C22H34O3. The predicted octanol–water partition coefficient (Wildman–Crippen LogP) is 3.86. The second-order valence-electron chi connectivity index (χ2n) is 7.45. The van der Waals surface area contributed by atoms with Gasteiger partial charge in [-0.05, 0) is 62.3 Å². The first-order valence-electron chi connectivity index (χ1n) is 9.85. The smallest absolute Gasteiger partial charge is 0.0599 e. The van der Waals surface area contributed by atoms with Crippen LogP contribution in [0.25, 0.3) is 0 Å². The van der Waals surface area contributed by atoms with E-state index < -0.39 is 12.2 Å². The zero-order chi connectivity index (χ0) is 18.1. The number of aliphatic hydroxyl groups is 3. The van der Waals surface area contributed by atoms with Gasteiger partial charge in [0.2, 0.25) is 0 Å². The Balaban J connectivity index is 1.77. The molecule has 140 valence electrons. The van der Waals surface area contributed by atoms with E-state index in [0.717, 1.165) is 38.5 Å². The van der Waals surface area contributed by atoms with Crippen LogP contribution in [0.5, 0.6) is 0 Å². The summed E-state index contributed by atoms with van der Waals surface area (Å²) in [5.41, 5.74) is 1.25. The molecule has 1 fully saturated rings. The first-order chi connectivity index (χ1) is 12.1. The fourth-order valence-corrected chi connectivity index (χ4v) is 3.95. The van der Waals surface area contributed by atoms with Crippen LogP contribution in [0.4, 0.5) is 0 Å². The van der Waals surface area contributed by atoms with Crippen molar-refractivity contribution in [2.24, 2.45) is 11.8 Å². The molecule has 1 aliphatic carbocycles. The van der Waals surface area contributed by atoms with Gasteiger partial charge in [-0.2, -0.15) is 0 Å². The third-order valence-electron chi connectivity index (χ3n) is 5.49.